The maximum Gasteiger partial charge on any atom is 0.329 e. The number of carbonyl (C=O) groups excluding carboxylic acids is 1. The minimum Gasteiger partial charge on any atom is -0.496 e. The topological polar surface area (TPSA) is 140 Å². The molecule has 0 aliphatic carbocycles. The zero-order valence-corrected chi connectivity index (χ0v) is 24.1. The Kier molecular flexibility index (Phi) is 7.82. The van der Waals surface area contributed by atoms with Crippen molar-refractivity contribution in [2.24, 2.45) is 0 Å². The molecule has 1 N–H and O–H groups in total. The number of carbonyl (C=O) groups is 2. The summed E-state index contributed by atoms with van der Waals surface area (Å²) < 4.78 is 30.1. The van der Waals surface area contributed by atoms with Crippen LogP contribution >= 0.6 is 11.3 Å². The molecule has 3 heterocycles. The lowest BCUT2D eigenvalue weighted by Crippen LogP contribution is -2.54. The lowest BCUT2D eigenvalue weighted by atomic mass is 9.85. The minimum absolute atomic E-state index is 0.0518. The number of sulfone groups is 1. The molecular formula is C27H32N4O6S2. The Morgan fingerprint density at radius 2 is 1.95 bits per heavy atom. The van der Waals surface area contributed by atoms with Crippen LogP contribution < -0.4 is 4.74 Å². The van der Waals surface area contributed by atoms with Crippen LogP contribution in [-0.4, -0.2) is 69.9 Å². The van der Waals surface area contributed by atoms with Crippen LogP contribution in [0.5, 0.6) is 5.75 Å². The van der Waals surface area contributed by atoms with E-state index in [0.717, 1.165) is 11.8 Å². The fraction of sp³-hybridized carbons (Fsp3) is 0.444. The molecule has 3 atom stereocenters. The highest BCUT2D eigenvalue weighted by Gasteiger charge is 2.60. The number of amides is 1. The van der Waals surface area contributed by atoms with Crippen LogP contribution in [0.1, 0.15) is 72.2 Å². The zero-order valence-electron chi connectivity index (χ0n) is 22.5. The van der Waals surface area contributed by atoms with Gasteiger partial charge in [-0.3, -0.25) is 14.8 Å². The number of benzene rings is 1. The highest BCUT2D eigenvalue weighted by Crippen LogP contribution is 2.54. The highest BCUT2D eigenvalue weighted by molar-refractivity contribution is 7.90. The van der Waals surface area contributed by atoms with Crippen molar-refractivity contribution in [2.45, 2.75) is 56.5 Å². The monoisotopic (exact) mass is 572 g/mol. The number of carboxylic acid groups (broad SMARTS) is 1. The molecule has 1 aliphatic heterocycles. The molecular weight excluding hydrogens is 540 g/mol. The van der Waals surface area contributed by atoms with Gasteiger partial charge < -0.3 is 14.7 Å². The molecule has 1 saturated heterocycles. The van der Waals surface area contributed by atoms with E-state index in [4.69, 9.17) is 4.74 Å². The zero-order chi connectivity index (χ0) is 28.6. The molecule has 4 rings (SSSR count). The van der Waals surface area contributed by atoms with Gasteiger partial charge in [-0.05, 0) is 36.0 Å². The molecule has 208 valence electrons. The van der Waals surface area contributed by atoms with Gasteiger partial charge in [-0.15, -0.1) is 11.3 Å². The van der Waals surface area contributed by atoms with Gasteiger partial charge in [-0.25, -0.2) is 18.2 Å². The van der Waals surface area contributed by atoms with Crippen molar-refractivity contribution in [3.63, 3.8) is 0 Å². The molecule has 1 aliphatic rings. The van der Waals surface area contributed by atoms with Gasteiger partial charge >= 0.3 is 5.97 Å². The largest absolute Gasteiger partial charge is 0.496 e. The fourth-order valence-electron chi connectivity index (χ4n) is 5.23. The fourth-order valence-corrected chi connectivity index (χ4v) is 6.73. The van der Waals surface area contributed by atoms with Crippen molar-refractivity contribution in [3.05, 3.63) is 70.2 Å². The van der Waals surface area contributed by atoms with Gasteiger partial charge in [0.1, 0.15) is 26.1 Å². The SMILES string of the molecule is COc1cc(C(=O)N2[C@@H](c3nccs3)[C@@H](c3cnccn3)C[C@@]2(CCS(C)(=O)=O)C(=O)O)ccc1C(C)(C)C. The molecule has 10 nitrogen and oxygen atoms in total. The van der Waals surface area contributed by atoms with Crippen LogP contribution in [0.15, 0.2) is 48.4 Å². The van der Waals surface area contributed by atoms with Gasteiger partial charge in [0.05, 0.1) is 24.6 Å². The summed E-state index contributed by atoms with van der Waals surface area (Å²) in [6, 6.07) is 4.27. The van der Waals surface area contributed by atoms with E-state index >= 15 is 0 Å². The third kappa shape index (κ3) is 5.67. The Bertz CT molecular complexity index is 1460. The second kappa shape index (κ2) is 10.6. The summed E-state index contributed by atoms with van der Waals surface area (Å²) in [5, 5.41) is 13.0. The summed E-state index contributed by atoms with van der Waals surface area (Å²) in [5.41, 5.74) is -0.487. The summed E-state index contributed by atoms with van der Waals surface area (Å²) in [7, 11) is -2.03. The Hall–Kier alpha value is -3.38. The number of thiazole rings is 1. The smallest absolute Gasteiger partial charge is 0.329 e. The van der Waals surface area contributed by atoms with Gasteiger partial charge in [0.2, 0.25) is 0 Å². The molecule has 12 heteroatoms. The molecule has 39 heavy (non-hydrogen) atoms. The number of hydrogen-bond acceptors (Lipinski definition) is 9. The average molecular weight is 573 g/mol. The van der Waals surface area contributed by atoms with Crippen molar-refractivity contribution >= 4 is 33.1 Å². The maximum absolute atomic E-state index is 14.4. The number of methoxy groups -OCH3 is 1. The van der Waals surface area contributed by atoms with E-state index in [1.54, 1.807) is 36.0 Å². The molecule has 1 aromatic carbocycles. The van der Waals surface area contributed by atoms with Crippen LogP contribution in [0, 0.1) is 0 Å². The Balaban J connectivity index is 1.94. The number of ether oxygens (including phenoxy) is 1. The summed E-state index contributed by atoms with van der Waals surface area (Å²) in [5.74, 6) is -2.34. The van der Waals surface area contributed by atoms with E-state index in [9.17, 15) is 23.1 Å². The van der Waals surface area contributed by atoms with E-state index in [0.29, 0.717) is 16.5 Å². The van der Waals surface area contributed by atoms with Crippen LogP contribution in [0.2, 0.25) is 0 Å². The van der Waals surface area contributed by atoms with E-state index < -0.39 is 45.0 Å². The first-order valence-electron chi connectivity index (χ1n) is 12.4. The Morgan fingerprint density at radius 3 is 2.49 bits per heavy atom. The van der Waals surface area contributed by atoms with Gasteiger partial charge in [0.25, 0.3) is 5.91 Å². The van der Waals surface area contributed by atoms with Crippen molar-refractivity contribution in [2.75, 3.05) is 19.1 Å². The lowest BCUT2D eigenvalue weighted by Gasteiger charge is -2.37. The molecule has 0 radical (unpaired) electrons. The molecule has 0 bridgehead atoms. The first-order chi connectivity index (χ1) is 18.3. The second-order valence-corrected chi connectivity index (χ2v) is 14.0. The molecule has 1 fully saturated rings. The van der Waals surface area contributed by atoms with Crippen LogP contribution in [0.25, 0.3) is 0 Å². The quantitative estimate of drug-likeness (QED) is 0.426. The number of likely N-dealkylation sites (tertiary alicyclic amines) is 1. The number of aliphatic carboxylic acids is 1. The second-order valence-electron chi connectivity index (χ2n) is 10.8. The molecule has 1 amide bonds. The third-order valence-corrected chi connectivity index (χ3v) is 8.90. The number of nitrogens with zero attached hydrogens (tertiary/aromatic N) is 4. The predicted octanol–water partition coefficient (Wildman–Crippen LogP) is 3.87. The summed E-state index contributed by atoms with van der Waals surface area (Å²) >= 11 is 1.30. The number of aromatic nitrogens is 3. The number of carboxylic acids is 1. The minimum atomic E-state index is -3.55. The summed E-state index contributed by atoms with van der Waals surface area (Å²) in [6.07, 6.45) is 6.87. The van der Waals surface area contributed by atoms with Gasteiger partial charge in [0, 0.05) is 47.9 Å². The molecule has 0 spiro atoms. The van der Waals surface area contributed by atoms with Crippen LogP contribution in [0.4, 0.5) is 0 Å². The van der Waals surface area contributed by atoms with Gasteiger partial charge in [0.15, 0.2) is 0 Å². The molecule has 2 aromatic heterocycles. The summed E-state index contributed by atoms with van der Waals surface area (Å²) in [6.45, 7) is 6.08. The van der Waals surface area contributed by atoms with E-state index in [-0.39, 0.29) is 23.8 Å². The normalized spacial score (nSPS) is 21.6. The van der Waals surface area contributed by atoms with E-state index in [1.807, 2.05) is 20.8 Å². The summed E-state index contributed by atoms with van der Waals surface area (Å²) in [4.78, 5) is 41.9. The lowest BCUT2D eigenvalue weighted by molar-refractivity contribution is -0.149. The highest BCUT2D eigenvalue weighted by atomic mass is 32.2. The third-order valence-electron chi connectivity index (χ3n) is 7.11. The average Bonchev–Trinajstić information content (AvgIpc) is 3.53. The standard InChI is InChI=1S/C27H32N4O6S2/c1-26(2,3)19-7-6-17(14-21(19)37-4)24(32)31-22(23-30-11-12-38-23)18(20-16-28-9-10-29-20)15-27(31,25(33)34)8-13-39(5,35)36/h6-7,9-12,14,16,18,22H,8,13,15H2,1-5H3,(H,33,34)/t18-,22-,27+/m1/s1. The van der Waals surface area contributed by atoms with Crippen LogP contribution in [-0.2, 0) is 20.0 Å². The molecule has 0 unspecified atom stereocenters. The van der Waals surface area contributed by atoms with Gasteiger partial charge in [-0.1, -0.05) is 26.8 Å². The Labute approximate surface area is 232 Å². The first kappa shape index (κ1) is 28.6. The van der Waals surface area contributed by atoms with Crippen molar-refractivity contribution < 1.29 is 27.9 Å². The Morgan fingerprint density at radius 1 is 1.21 bits per heavy atom. The molecule has 0 saturated carbocycles. The van der Waals surface area contributed by atoms with E-state index in [2.05, 4.69) is 15.0 Å². The van der Waals surface area contributed by atoms with Crippen molar-refractivity contribution in [3.8, 4) is 5.75 Å². The first-order valence-corrected chi connectivity index (χ1v) is 15.3. The van der Waals surface area contributed by atoms with Crippen molar-refractivity contribution in [1.82, 2.24) is 19.9 Å². The maximum atomic E-state index is 14.4. The molecule has 3 aromatic rings. The van der Waals surface area contributed by atoms with Gasteiger partial charge in [-0.2, -0.15) is 0 Å². The van der Waals surface area contributed by atoms with Crippen LogP contribution in [0.3, 0.4) is 0 Å². The van der Waals surface area contributed by atoms with E-state index in [1.165, 1.54) is 35.7 Å². The van der Waals surface area contributed by atoms with Crippen molar-refractivity contribution in [1.29, 1.82) is 0 Å². The number of hydrogen-bond donors (Lipinski definition) is 1. The predicted molar refractivity (Wildman–Crippen MR) is 147 cm³/mol. The number of rotatable bonds is 8.